The Labute approximate surface area is 173 Å². The van der Waals surface area contributed by atoms with E-state index < -0.39 is 0 Å². The van der Waals surface area contributed by atoms with Crippen LogP contribution in [0, 0.1) is 6.92 Å². The third kappa shape index (κ3) is 2.85. The SMILES string of the molecule is C/N=C(\c1ccccc1)c1oc2ccc3c(C)cc(=O)oc3c2c1-c1ccccc1. The van der Waals surface area contributed by atoms with Gasteiger partial charge in [-0.2, -0.15) is 0 Å². The van der Waals surface area contributed by atoms with Crippen LogP contribution in [0.15, 0.2) is 97.5 Å². The van der Waals surface area contributed by atoms with E-state index in [9.17, 15) is 4.79 Å². The van der Waals surface area contributed by atoms with Gasteiger partial charge in [-0.05, 0) is 30.2 Å². The summed E-state index contributed by atoms with van der Waals surface area (Å²) in [5.41, 5.74) is 5.23. The smallest absolute Gasteiger partial charge is 0.336 e. The molecule has 0 atom stereocenters. The second kappa shape index (κ2) is 7.16. The summed E-state index contributed by atoms with van der Waals surface area (Å²) < 4.78 is 12.1. The Kier molecular flexibility index (Phi) is 4.32. The fourth-order valence-corrected chi connectivity index (χ4v) is 3.97. The fourth-order valence-electron chi connectivity index (χ4n) is 3.97. The lowest BCUT2D eigenvalue weighted by atomic mass is 9.96. The average Bonchev–Trinajstić information content (AvgIpc) is 3.15. The third-order valence-corrected chi connectivity index (χ3v) is 5.32. The highest BCUT2D eigenvalue weighted by Gasteiger charge is 2.24. The molecule has 0 aliphatic heterocycles. The zero-order valence-electron chi connectivity index (χ0n) is 16.7. The molecule has 0 unspecified atom stereocenters. The standard InChI is InChI=1S/C26H19NO3/c1-16-15-21(28)30-25-19(16)13-14-20-23(25)22(17-9-5-3-6-10-17)26(29-20)24(27-2)18-11-7-4-8-12-18/h3-15H,1-2H3/b27-24+. The van der Waals surface area contributed by atoms with Crippen molar-refractivity contribution in [1.29, 1.82) is 0 Å². The normalized spacial score (nSPS) is 12.0. The van der Waals surface area contributed by atoms with Gasteiger partial charge in [0.2, 0.25) is 0 Å². The number of benzene rings is 3. The Morgan fingerprint density at radius 3 is 2.27 bits per heavy atom. The van der Waals surface area contributed by atoms with Gasteiger partial charge in [0.1, 0.15) is 16.9 Å². The summed E-state index contributed by atoms with van der Waals surface area (Å²) >= 11 is 0. The number of hydrogen-bond donors (Lipinski definition) is 0. The number of furan rings is 1. The second-order valence-electron chi connectivity index (χ2n) is 7.17. The van der Waals surface area contributed by atoms with Crippen LogP contribution >= 0.6 is 0 Å². The minimum Gasteiger partial charge on any atom is -0.454 e. The first kappa shape index (κ1) is 18.1. The monoisotopic (exact) mass is 393 g/mol. The van der Waals surface area contributed by atoms with Crippen molar-refractivity contribution in [1.82, 2.24) is 0 Å². The van der Waals surface area contributed by atoms with E-state index in [0.717, 1.165) is 38.7 Å². The van der Waals surface area contributed by atoms with Gasteiger partial charge in [-0.25, -0.2) is 4.79 Å². The topological polar surface area (TPSA) is 55.7 Å². The molecule has 4 nitrogen and oxygen atoms in total. The zero-order valence-corrected chi connectivity index (χ0v) is 16.7. The first-order valence-corrected chi connectivity index (χ1v) is 9.75. The minimum absolute atomic E-state index is 0.373. The van der Waals surface area contributed by atoms with Crippen LogP contribution in [0.5, 0.6) is 0 Å². The maximum Gasteiger partial charge on any atom is 0.336 e. The van der Waals surface area contributed by atoms with Gasteiger partial charge in [-0.1, -0.05) is 60.7 Å². The zero-order chi connectivity index (χ0) is 20.7. The van der Waals surface area contributed by atoms with Crippen LogP contribution in [-0.2, 0) is 0 Å². The Morgan fingerprint density at radius 2 is 1.57 bits per heavy atom. The summed E-state index contributed by atoms with van der Waals surface area (Å²) in [4.78, 5) is 16.7. The largest absolute Gasteiger partial charge is 0.454 e. The van der Waals surface area contributed by atoms with E-state index in [1.165, 1.54) is 6.07 Å². The van der Waals surface area contributed by atoms with E-state index >= 15 is 0 Å². The predicted octanol–water partition coefficient (Wildman–Crippen LogP) is 5.98. The maximum atomic E-state index is 12.2. The third-order valence-electron chi connectivity index (χ3n) is 5.32. The van der Waals surface area contributed by atoms with Crippen molar-refractivity contribution in [3.8, 4) is 11.1 Å². The molecule has 0 N–H and O–H groups in total. The van der Waals surface area contributed by atoms with Crippen LogP contribution in [0.1, 0.15) is 16.9 Å². The molecule has 3 aromatic carbocycles. The lowest BCUT2D eigenvalue weighted by Gasteiger charge is -2.08. The number of rotatable bonds is 3. The van der Waals surface area contributed by atoms with Gasteiger partial charge < -0.3 is 8.83 Å². The first-order chi connectivity index (χ1) is 14.7. The van der Waals surface area contributed by atoms with Crippen molar-refractivity contribution in [3.05, 3.63) is 106 Å². The van der Waals surface area contributed by atoms with Crippen molar-refractivity contribution in [2.45, 2.75) is 6.92 Å². The van der Waals surface area contributed by atoms with E-state index in [1.54, 1.807) is 7.05 Å². The molecule has 2 heterocycles. The lowest BCUT2D eigenvalue weighted by molar-refractivity contribution is 0.562. The Morgan fingerprint density at radius 1 is 0.867 bits per heavy atom. The molecule has 5 aromatic rings. The summed E-state index contributed by atoms with van der Waals surface area (Å²) in [6.45, 7) is 1.91. The molecule has 0 radical (unpaired) electrons. The van der Waals surface area contributed by atoms with Crippen molar-refractivity contribution in [2.24, 2.45) is 4.99 Å². The highest BCUT2D eigenvalue weighted by Crippen LogP contribution is 2.40. The van der Waals surface area contributed by atoms with E-state index in [-0.39, 0.29) is 5.63 Å². The van der Waals surface area contributed by atoms with Crippen LogP contribution in [0.3, 0.4) is 0 Å². The van der Waals surface area contributed by atoms with Crippen LogP contribution in [-0.4, -0.2) is 12.8 Å². The first-order valence-electron chi connectivity index (χ1n) is 9.75. The molecule has 4 heteroatoms. The van der Waals surface area contributed by atoms with Gasteiger partial charge in [0, 0.05) is 29.6 Å². The van der Waals surface area contributed by atoms with Gasteiger partial charge in [0.05, 0.1) is 5.39 Å². The van der Waals surface area contributed by atoms with Crippen LogP contribution < -0.4 is 5.63 Å². The van der Waals surface area contributed by atoms with Crippen molar-refractivity contribution < 1.29 is 8.83 Å². The Hall–Kier alpha value is -3.92. The molecular formula is C26H19NO3. The van der Waals surface area contributed by atoms with Gasteiger partial charge in [0.15, 0.2) is 5.76 Å². The Balaban J connectivity index is 1.95. The second-order valence-corrected chi connectivity index (χ2v) is 7.17. The molecule has 0 aliphatic carbocycles. The van der Waals surface area contributed by atoms with Crippen LogP contribution in [0.4, 0.5) is 0 Å². The summed E-state index contributed by atoms with van der Waals surface area (Å²) in [7, 11) is 1.76. The summed E-state index contributed by atoms with van der Waals surface area (Å²) in [6.07, 6.45) is 0. The Bertz CT molecular complexity index is 1460. The summed E-state index contributed by atoms with van der Waals surface area (Å²) in [6, 6.07) is 25.3. The van der Waals surface area contributed by atoms with E-state index in [4.69, 9.17) is 8.83 Å². The lowest BCUT2D eigenvalue weighted by Crippen LogP contribution is -2.03. The van der Waals surface area contributed by atoms with Gasteiger partial charge >= 0.3 is 5.63 Å². The van der Waals surface area contributed by atoms with Crippen molar-refractivity contribution in [3.63, 3.8) is 0 Å². The molecule has 0 saturated heterocycles. The van der Waals surface area contributed by atoms with Gasteiger partial charge in [0.25, 0.3) is 0 Å². The van der Waals surface area contributed by atoms with Crippen molar-refractivity contribution >= 4 is 27.7 Å². The van der Waals surface area contributed by atoms with E-state index in [2.05, 4.69) is 4.99 Å². The summed E-state index contributed by atoms with van der Waals surface area (Å²) in [5.74, 6) is 0.654. The molecule has 5 rings (SSSR count). The van der Waals surface area contributed by atoms with Crippen LogP contribution in [0.2, 0.25) is 0 Å². The molecule has 30 heavy (non-hydrogen) atoms. The molecule has 0 amide bonds. The molecule has 0 bridgehead atoms. The van der Waals surface area contributed by atoms with Gasteiger partial charge in [-0.3, -0.25) is 4.99 Å². The number of aryl methyl sites for hydroxylation is 1. The molecule has 2 aromatic heterocycles. The molecule has 0 fully saturated rings. The number of aliphatic imine (C=N–C) groups is 1. The maximum absolute atomic E-state index is 12.2. The quantitative estimate of drug-likeness (QED) is 0.280. The highest BCUT2D eigenvalue weighted by molar-refractivity contribution is 6.21. The predicted molar refractivity (Wildman–Crippen MR) is 120 cm³/mol. The molecule has 146 valence electrons. The van der Waals surface area contributed by atoms with Crippen molar-refractivity contribution in [2.75, 3.05) is 7.05 Å². The highest BCUT2D eigenvalue weighted by atomic mass is 16.4. The number of nitrogens with zero attached hydrogens (tertiary/aromatic N) is 1. The van der Waals surface area contributed by atoms with E-state index in [1.807, 2.05) is 79.7 Å². The molecule has 0 spiro atoms. The number of hydrogen-bond acceptors (Lipinski definition) is 4. The molecular weight excluding hydrogens is 374 g/mol. The fraction of sp³-hybridized carbons (Fsp3) is 0.0769. The van der Waals surface area contributed by atoms with Gasteiger partial charge in [-0.15, -0.1) is 0 Å². The van der Waals surface area contributed by atoms with Crippen LogP contribution in [0.25, 0.3) is 33.1 Å². The van der Waals surface area contributed by atoms with E-state index in [0.29, 0.717) is 16.9 Å². The minimum atomic E-state index is -0.373. The average molecular weight is 393 g/mol. The summed E-state index contributed by atoms with van der Waals surface area (Å²) in [5, 5.41) is 1.67. The number of fused-ring (bicyclic) bond motifs is 3. The molecule has 0 aliphatic rings. The molecule has 0 saturated carbocycles.